The third kappa shape index (κ3) is 3.63. The monoisotopic (exact) mass is 461 g/mol. The molecule has 0 bridgehead atoms. The number of hydrogen-bond acceptors (Lipinski definition) is 5. The van der Waals surface area contributed by atoms with E-state index in [0.717, 1.165) is 56.8 Å². The molecular formula is C26H31N5O3. The van der Waals surface area contributed by atoms with Crippen LogP contribution < -0.4 is 10.5 Å². The first-order valence-electron chi connectivity index (χ1n) is 11.6. The van der Waals surface area contributed by atoms with Crippen molar-refractivity contribution >= 4 is 27.8 Å². The van der Waals surface area contributed by atoms with Crippen molar-refractivity contribution in [2.45, 2.75) is 25.9 Å². The molecule has 0 saturated carbocycles. The van der Waals surface area contributed by atoms with Gasteiger partial charge in [0.05, 0.1) is 36.0 Å². The van der Waals surface area contributed by atoms with Gasteiger partial charge in [-0.2, -0.15) is 0 Å². The molecule has 8 heteroatoms. The first-order valence-corrected chi connectivity index (χ1v) is 11.6. The van der Waals surface area contributed by atoms with Crippen molar-refractivity contribution in [3.8, 4) is 17.3 Å². The molecule has 8 nitrogen and oxygen atoms in total. The predicted octanol–water partition coefficient (Wildman–Crippen LogP) is 3.20. The van der Waals surface area contributed by atoms with Crippen molar-refractivity contribution in [1.29, 1.82) is 0 Å². The number of imidazole rings is 1. The van der Waals surface area contributed by atoms with Gasteiger partial charge < -0.3 is 29.2 Å². The number of fused-ring (bicyclic) bond motifs is 3. The van der Waals surface area contributed by atoms with Crippen molar-refractivity contribution in [3.05, 3.63) is 47.5 Å². The van der Waals surface area contributed by atoms with Crippen LogP contribution in [-0.4, -0.2) is 64.9 Å². The Morgan fingerprint density at radius 1 is 1.21 bits per heavy atom. The molecular weight excluding hydrogens is 430 g/mol. The molecule has 178 valence electrons. The number of ether oxygens (including phenoxy) is 2. The van der Waals surface area contributed by atoms with Crippen LogP contribution in [0.5, 0.6) is 5.75 Å². The van der Waals surface area contributed by atoms with Crippen LogP contribution in [-0.2, 0) is 24.8 Å². The van der Waals surface area contributed by atoms with Crippen molar-refractivity contribution in [2.75, 3.05) is 33.9 Å². The Morgan fingerprint density at radius 2 is 2.03 bits per heavy atom. The van der Waals surface area contributed by atoms with E-state index in [1.54, 1.807) is 14.2 Å². The van der Waals surface area contributed by atoms with Gasteiger partial charge in [0, 0.05) is 50.8 Å². The van der Waals surface area contributed by atoms with Crippen LogP contribution in [0.1, 0.15) is 22.8 Å². The summed E-state index contributed by atoms with van der Waals surface area (Å²) in [6, 6.07) is 12.2. The van der Waals surface area contributed by atoms with Gasteiger partial charge >= 0.3 is 0 Å². The SMILES string of the molecule is COCCn1c(-c2nc3cc4c(cc3n2C)CCN(C[C@@H](C)N)C4=O)cc2cccc(OC)c21. The van der Waals surface area contributed by atoms with Crippen LogP contribution in [0.25, 0.3) is 33.5 Å². The molecule has 1 atom stereocenters. The molecule has 2 aromatic heterocycles. The zero-order valence-corrected chi connectivity index (χ0v) is 20.2. The predicted molar refractivity (Wildman–Crippen MR) is 133 cm³/mol. The number of carbonyl (C=O) groups is 1. The molecule has 0 saturated heterocycles. The van der Waals surface area contributed by atoms with Gasteiger partial charge in [-0.05, 0) is 43.2 Å². The summed E-state index contributed by atoms with van der Waals surface area (Å²) in [6.07, 6.45) is 0.815. The lowest BCUT2D eigenvalue weighted by Gasteiger charge is -2.29. The highest BCUT2D eigenvalue weighted by Crippen LogP contribution is 2.35. The Labute approximate surface area is 198 Å². The lowest BCUT2D eigenvalue weighted by atomic mass is 9.97. The summed E-state index contributed by atoms with van der Waals surface area (Å²) in [5.74, 6) is 1.69. The zero-order valence-electron chi connectivity index (χ0n) is 20.2. The number of nitrogens with zero attached hydrogens (tertiary/aromatic N) is 4. The van der Waals surface area contributed by atoms with Gasteiger partial charge in [-0.25, -0.2) is 4.98 Å². The van der Waals surface area contributed by atoms with Crippen LogP contribution in [0.3, 0.4) is 0 Å². The number of aryl methyl sites for hydroxylation is 1. The van der Waals surface area contributed by atoms with Crippen molar-refractivity contribution in [2.24, 2.45) is 12.8 Å². The van der Waals surface area contributed by atoms with E-state index in [2.05, 4.69) is 27.3 Å². The molecule has 0 unspecified atom stereocenters. The number of para-hydroxylation sites is 1. The summed E-state index contributed by atoms with van der Waals surface area (Å²) in [5.41, 5.74) is 11.6. The maximum Gasteiger partial charge on any atom is 0.254 e. The van der Waals surface area contributed by atoms with Gasteiger partial charge in [0.25, 0.3) is 5.91 Å². The molecule has 0 spiro atoms. The van der Waals surface area contributed by atoms with Crippen molar-refractivity contribution in [3.63, 3.8) is 0 Å². The summed E-state index contributed by atoms with van der Waals surface area (Å²) in [7, 11) is 5.42. The van der Waals surface area contributed by atoms with Crippen LogP contribution in [0.15, 0.2) is 36.4 Å². The molecule has 5 rings (SSSR count). The number of methoxy groups -OCH3 is 2. The highest BCUT2D eigenvalue weighted by molar-refractivity contribution is 6.01. The minimum Gasteiger partial charge on any atom is -0.495 e. The van der Waals surface area contributed by atoms with Crippen LogP contribution in [0.4, 0.5) is 0 Å². The number of hydrogen-bond donors (Lipinski definition) is 1. The molecule has 2 aromatic carbocycles. The molecule has 1 amide bonds. The standard InChI is InChI=1S/C26H31N5O3/c1-16(27)15-30-9-8-17-12-21-20(14-19(17)26(30)32)28-25(29(21)2)22-13-18-6-5-7-23(34-4)24(18)31(22)10-11-33-3/h5-7,12-14,16H,8-11,15,27H2,1-4H3/t16-/m1/s1. The molecule has 2 N–H and O–H groups in total. The van der Waals surface area contributed by atoms with E-state index in [0.29, 0.717) is 26.2 Å². The average Bonchev–Trinajstić information content (AvgIpc) is 3.35. The van der Waals surface area contributed by atoms with Crippen LogP contribution in [0.2, 0.25) is 0 Å². The lowest BCUT2D eigenvalue weighted by Crippen LogP contribution is -2.43. The summed E-state index contributed by atoms with van der Waals surface area (Å²) < 4.78 is 15.4. The average molecular weight is 462 g/mol. The van der Waals surface area contributed by atoms with E-state index >= 15 is 0 Å². The number of carbonyl (C=O) groups excluding carboxylic acids is 1. The maximum atomic E-state index is 13.1. The third-order valence-electron chi connectivity index (χ3n) is 6.63. The second-order valence-electron chi connectivity index (χ2n) is 9.04. The Balaban J connectivity index is 1.66. The lowest BCUT2D eigenvalue weighted by molar-refractivity contribution is 0.0732. The molecule has 0 radical (unpaired) electrons. The fourth-order valence-electron chi connectivity index (χ4n) is 5.02. The smallest absolute Gasteiger partial charge is 0.254 e. The normalized spacial score (nSPS) is 14.7. The molecule has 0 fully saturated rings. The van der Waals surface area contributed by atoms with Gasteiger partial charge in [0.2, 0.25) is 0 Å². The van der Waals surface area contributed by atoms with E-state index < -0.39 is 0 Å². The fourth-order valence-corrected chi connectivity index (χ4v) is 5.02. The minimum atomic E-state index is -0.0540. The highest BCUT2D eigenvalue weighted by atomic mass is 16.5. The second kappa shape index (κ2) is 8.77. The Hall–Kier alpha value is -3.36. The maximum absolute atomic E-state index is 13.1. The summed E-state index contributed by atoms with van der Waals surface area (Å²) in [5, 5.41) is 1.08. The van der Waals surface area contributed by atoms with Gasteiger partial charge in [0.15, 0.2) is 5.82 Å². The molecule has 0 aliphatic carbocycles. The van der Waals surface area contributed by atoms with Crippen molar-refractivity contribution in [1.82, 2.24) is 19.0 Å². The minimum absolute atomic E-state index is 0.0339. The summed E-state index contributed by atoms with van der Waals surface area (Å²) in [6.45, 7) is 4.41. The first-order chi connectivity index (χ1) is 16.4. The number of nitrogens with two attached hydrogens (primary N) is 1. The molecule has 34 heavy (non-hydrogen) atoms. The van der Waals surface area contributed by atoms with E-state index in [-0.39, 0.29) is 11.9 Å². The number of aromatic nitrogens is 3. The molecule has 1 aliphatic heterocycles. The summed E-state index contributed by atoms with van der Waals surface area (Å²) >= 11 is 0. The van der Waals surface area contributed by atoms with E-state index in [4.69, 9.17) is 20.2 Å². The third-order valence-corrected chi connectivity index (χ3v) is 6.63. The second-order valence-corrected chi connectivity index (χ2v) is 9.04. The first kappa shape index (κ1) is 22.4. The van der Waals surface area contributed by atoms with E-state index in [1.807, 2.05) is 37.1 Å². The number of rotatable bonds is 7. The Bertz CT molecular complexity index is 1380. The van der Waals surface area contributed by atoms with Crippen molar-refractivity contribution < 1.29 is 14.3 Å². The van der Waals surface area contributed by atoms with Crippen LogP contribution in [0, 0.1) is 0 Å². The zero-order chi connectivity index (χ0) is 24.0. The molecule has 1 aliphatic rings. The van der Waals surface area contributed by atoms with Crippen LogP contribution >= 0.6 is 0 Å². The number of benzene rings is 2. The van der Waals surface area contributed by atoms with Gasteiger partial charge in [-0.1, -0.05) is 12.1 Å². The molecule has 3 heterocycles. The Morgan fingerprint density at radius 3 is 2.76 bits per heavy atom. The Kier molecular flexibility index (Phi) is 5.79. The quantitative estimate of drug-likeness (QED) is 0.457. The summed E-state index contributed by atoms with van der Waals surface area (Å²) in [4.78, 5) is 20.0. The van der Waals surface area contributed by atoms with Gasteiger partial charge in [0.1, 0.15) is 5.75 Å². The number of amides is 1. The van der Waals surface area contributed by atoms with Gasteiger partial charge in [-0.3, -0.25) is 4.79 Å². The van der Waals surface area contributed by atoms with E-state index in [1.165, 1.54) is 0 Å². The van der Waals surface area contributed by atoms with Gasteiger partial charge in [-0.15, -0.1) is 0 Å². The molecule has 4 aromatic rings. The topological polar surface area (TPSA) is 87.5 Å². The highest BCUT2D eigenvalue weighted by Gasteiger charge is 2.27. The van der Waals surface area contributed by atoms with E-state index in [9.17, 15) is 4.79 Å². The largest absolute Gasteiger partial charge is 0.495 e. The fraction of sp³-hybridized carbons (Fsp3) is 0.385.